The lowest BCUT2D eigenvalue weighted by atomic mass is 9.93. The van der Waals surface area contributed by atoms with Crippen LogP contribution in [0.25, 0.3) is 0 Å². The van der Waals surface area contributed by atoms with Crippen molar-refractivity contribution in [2.75, 3.05) is 13.2 Å². The molecule has 0 aromatic heterocycles. The van der Waals surface area contributed by atoms with E-state index in [9.17, 15) is 17.6 Å². The zero-order chi connectivity index (χ0) is 15.6. The maximum Gasteiger partial charge on any atom is 0.416 e. The van der Waals surface area contributed by atoms with Gasteiger partial charge in [-0.1, -0.05) is 13.8 Å². The highest BCUT2D eigenvalue weighted by Crippen LogP contribution is 2.38. The molecular weight excluding hydrogens is 286 g/mol. The van der Waals surface area contributed by atoms with Gasteiger partial charge in [-0.05, 0) is 30.2 Å². The van der Waals surface area contributed by atoms with Crippen LogP contribution in [0.3, 0.4) is 0 Å². The Bertz CT molecular complexity index is 487. The van der Waals surface area contributed by atoms with E-state index in [4.69, 9.17) is 4.74 Å². The largest absolute Gasteiger partial charge is 0.416 e. The molecule has 0 aliphatic carbocycles. The summed E-state index contributed by atoms with van der Waals surface area (Å²) in [6, 6.07) is 2.92. The molecule has 2 unspecified atom stereocenters. The second kappa shape index (κ2) is 6.32. The van der Waals surface area contributed by atoms with E-state index in [0.29, 0.717) is 19.2 Å². The quantitative estimate of drug-likeness (QED) is 0.851. The molecule has 118 valence electrons. The Balaban J connectivity index is 2.22. The van der Waals surface area contributed by atoms with Crippen molar-refractivity contribution >= 4 is 0 Å². The molecule has 0 saturated carbocycles. The standard InChI is InChI=1S/C15H19F4NO/c1-9(2)20-8-10-3-4-21-14(10)11-5-12(15(17,18)19)7-13(16)6-11/h5-7,9-10,14,20H,3-4,8H2,1-2H3. The van der Waals surface area contributed by atoms with Crippen LogP contribution in [-0.4, -0.2) is 19.2 Å². The maximum absolute atomic E-state index is 13.5. The summed E-state index contributed by atoms with van der Waals surface area (Å²) in [6.07, 6.45) is -4.29. The van der Waals surface area contributed by atoms with E-state index < -0.39 is 23.7 Å². The molecule has 1 fully saturated rings. The summed E-state index contributed by atoms with van der Waals surface area (Å²) in [5.41, 5.74) is -0.709. The first-order valence-corrected chi connectivity index (χ1v) is 7.00. The van der Waals surface area contributed by atoms with Crippen LogP contribution in [0.5, 0.6) is 0 Å². The number of alkyl halides is 3. The minimum atomic E-state index is -4.55. The third-order valence-corrected chi connectivity index (χ3v) is 3.58. The highest BCUT2D eigenvalue weighted by atomic mass is 19.4. The van der Waals surface area contributed by atoms with Crippen molar-refractivity contribution in [3.63, 3.8) is 0 Å². The lowest BCUT2D eigenvalue weighted by Crippen LogP contribution is -2.30. The normalized spacial score (nSPS) is 23.0. The van der Waals surface area contributed by atoms with E-state index in [1.165, 1.54) is 0 Å². The first-order chi connectivity index (χ1) is 9.77. The predicted molar refractivity (Wildman–Crippen MR) is 71.3 cm³/mol. The average Bonchev–Trinajstić information content (AvgIpc) is 2.82. The zero-order valence-electron chi connectivity index (χ0n) is 12.0. The molecule has 0 spiro atoms. The van der Waals surface area contributed by atoms with Gasteiger partial charge in [0.05, 0.1) is 11.7 Å². The molecule has 0 amide bonds. The van der Waals surface area contributed by atoms with Gasteiger partial charge in [0.25, 0.3) is 0 Å². The van der Waals surface area contributed by atoms with Crippen LogP contribution in [0.2, 0.25) is 0 Å². The lowest BCUT2D eigenvalue weighted by Gasteiger charge is -2.21. The molecule has 2 rings (SSSR count). The Kier molecular flexibility index (Phi) is 4.88. The van der Waals surface area contributed by atoms with Crippen LogP contribution in [0.15, 0.2) is 18.2 Å². The first-order valence-electron chi connectivity index (χ1n) is 7.00. The Hall–Kier alpha value is -1.14. The summed E-state index contributed by atoms with van der Waals surface area (Å²) in [5, 5.41) is 3.25. The van der Waals surface area contributed by atoms with Gasteiger partial charge in [0, 0.05) is 25.1 Å². The molecule has 1 aliphatic heterocycles. The molecule has 0 radical (unpaired) electrons. The summed E-state index contributed by atoms with van der Waals surface area (Å²) in [7, 11) is 0. The molecule has 1 aromatic carbocycles. The van der Waals surface area contributed by atoms with Crippen LogP contribution in [-0.2, 0) is 10.9 Å². The number of nitrogens with one attached hydrogen (secondary N) is 1. The van der Waals surface area contributed by atoms with E-state index in [1.54, 1.807) is 0 Å². The first kappa shape index (κ1) is 16.2. The monoisotopic (exact) mass is 305 g/mol. The summed E-state index contributed by atoms with van der Waals surface area (Å²) < 4.78 is 57.3. The summed E-state index contributed by atoms with van der Waals surface area (Å²) in [5.74, 6) is -0.832. The molecule has 1 saturated heterocycles. The Morgan fingerprint density at radius 2 is 2.00 bits per heavy atom. The Morgan fingerprint density at radius 3 is 2.62 bits per heavy atom. The van der Waals surface area contributed by atoms with Crippen molar-refractivity contribution in [2.45, 2.75) is 38.6 Å². The minimum absolute atomic E-state index is 0.0512. The van der Waals surface area contributed by atoms with Gasteiger partial charge in [-0.2, -0.15) is 13.2 Å². The van der Waals surface area contributed by atoms with Crippen molar-refractivity contribution < 1.29 is 22.3 Å². The SMILES string of the molecule is CC(C)NCC1CCOC1c1cc(F)cc(C(F)(F)F)c1. The van der Waals surface area contributed by atoms with Gasteiger partial charge >= 0.3 is 6.18 Å². The van der Waals surface area contributed by atoms with E-state index >= 15 is 0 Å². The van der Waals surface area contributed by atoms with Crippen LogP contribution in [0.1, 0.15) is 37.5 Å². The molecule has 2 atom stereocenters. The topological polar surface area (TPSA) is 21.3 Å². The minimum Gasteiger partial charge on any atom is -0.373 e. The third kappa shape index (κ3) is 4.17. The van der Waals surface area contributed by atoms with Gasteiger partial charge in [-0.15, -0.1) is 0 Å². The van der Waals surface area contributed by atoms with Crippen molar-refractivity contribution in [1.29, 1.82) is 0 Å². The zero-order valence-corrected chi connectivity index (χ0v) is 12.0. The molecule has 6 heteroatoms. The fourth-order valence-electron chi connectivity index (χ4n) is 2.54. The van der Waals surface area contributed by atoms with Gasteiger partial charge in [0.1, 0.15) is 5.82 Å². The van der Waals surface area contributed by atoms with Gasteiger partial charge in [0.15, 0.2) is 0 Å². The molecule has 0 bridgehead atoms. The second-order valence-electron chi connectivity index (χ2n) is 5.67. The van der Waals surface area contributed by atoms with E-state index in [2.05, 4.69) is 5.32 Å². The third-order valence-electron chi connectivity index (χ3n) is 3.58. The number of ether oxygens (including phenoxy) is 1. The van der Waals surface area contributed by atoms with E-state index in [1.807, 2.05) is 13.8 Å². The number of halogens is 4. The van der Waals surface area contributed by atoms with Crippen LogP contribution in [0.4, 0.5) is 17.6 Å². The Labute approximate surface area is 121 Å². The molecule has 21 heavy (non-hydrogen) atoms. The van der Waals surface area contributed by atoms with E-state index in [0.717, 1.165) is 18.6 Å². The van der Waals surface area contributed by atoms with Crippen molar-refractivity contribution in [2.24, 2.45) is 5.92 Å². The summed E-state index contributed by atoms with van der Waals surface area (Å²) >= 11 is 0. The van der Waals surface area contributed by atoms with Crippen molar-refractivity contribution in [1.82, 2.24) is 5.32 Å². The summed E-state index contributed by atoms with van der Waals surface area (Å²) in [4.78, 5) is 0. The maximum atomic E-state index is 13.5. The number of benzene rings is 1. The van der Waals surface area contributed by atoms with Crippen LogP contribution in [0, 0.1) is 11.7 Å². The molecule has 1 heterocycles. The van der Waals surface area contributed by atoms with Crippen molar-refractivity contribution in [3.8, 4) is 0 Å². The molecular formula is C15H19F4NO. The van der Waals surface area contributed by atoms with Gasteiger partial charge in [-0.25, -0.2) is 4.39 Å². The average molecular weight is 305 g/mol. The number of rotatable bonds is 4. The fraction of sp³-hybridized carbons (Fsp3) is 0.600. The lowest BCUT2D eigenvalue weighted by molar-refractivity contribution is -0.137. The molecule has 2 nitrogen and oxygen atoms in total. The highest BCUT2D eigenvalue weighted by molar-refractivity contribution is 5.29. The van der Waals surface area contributed by atoms with Gasteiger partial charge in [0.2, 0.25) is 0 Å². The van der Waals surface area contributed by atoms with E-state index in [-0.39, 0.29) is 17.5 Å². The van der Waals surface area contributed by atoms with Crippen LogP contribution >= 0.6 is 0 Å². The predicted octanol–water partition coefficient (Wildman–Crippen LogP) is 3.92. The number of hydrogen-bond donors (Lipinski definition) is 1. The molecule has 1 N–H and O–H groups in total. The molecule has 1 aliphatic rings. The van der Waals surface area contributed by atoms with Crippen LogP contribution < -0.4 is 5.32 Å². The Morgan fingerprint density at radius 1 is 1.29 bits per heavy atom. The van der Waals surface area contributed by atoms with Crippen molar-refractivity contribution in [3.05, 3.63) is 35.1 Å². The highest BCUT2D eigenvalue weighted by Gasteiger charge is 2.35. The number of hydrogen-bond acceptors (Lipinski definition) is 2. The second-order valence-corrected chi connectivity index (χ2v) is 5.67. The van der Waals surface area contributed by atoms with Gasteiger partial charge in [-0.3, -0.25) is 0 Å². The van der Waals surface area contributed by atoms with Gasteiger partial charge < -0.3 is 10.1 Å². The summed E-state index contributed by atoms with van der Waals surface area (Å²) in [6.45, 7) is 5.11. The smallest absolute Gasteiger partial charge is 0.373 e. The molecule has 1 aromatic rings. The fourth-order valence-corrected chi connectivity index (χ4v) is 2.54.